The molecule has 0 aliphatic heterocycles. The number of aliphatic imine (C=N–C) groups is 2. The lowest BCUT2D eigenvalue weighted by atomic mass is 10.0. The van der Waals surface area contributed by atoms with Crippen LogP contribution >= 0.6 is 0 Å². The predicted octanol–water partition coefficient (Wildman–Crippen LogP) is 4.19. The second kappa shape index (κ2) is 8.87. The molecule has 4 nitrogen and oxygen atoms in total. The van der Waals surface area contributed by atoms with E-state index in [9.17, 15) is 10.2 Å². The molecule has 0 aliphatic carbocycles. The first kappa shape index (κ1) is 17.7. The standard InChI is InChI=1S/C20H24N2O2/c1-3-17(21-13-15-9-5-7-11-19(15)23)18(4-2)22-14-16-10-6-8-12-20(16)24/h5-14,17-18,23-24H,3-4H2,1-2H3/b21-13+,22-14+/t17-,18-/m0/s1. The summed E-state index contributed by atoms with van der Waals surface area (Å²) in [6.07, 6.45) is 5.12. The van der Waals surface area contributed by atoms with Crippen LogP contribution in [0.4, 0.5) is 0 Å². The third kappa shape index (κ3) is 4.69. The first-order valence-electron chi connectivity index (χ1n) is 8.28. The van der Waals surface area contributed by atoms with E-state index in [0.717, 1.165) is 12.8 Å². The summed E-state index contributed by atoms with van der Waals surface area (Å²) in [5, 5.41) is 19.7. The summed E-state index contributed by atoms with van der Waals surface area (Å²) in [6.45, 7) is 4.15. The van der Waals surface area contributed by atoms with E-state index in [1.807, 2.05) is 24.3 Å². The molecular weight excluding hydrogens is 300 g/mol. The van der Waals surface area contributed by atoms with Crippen molar-refractivity contribution in [1.82, 2.24) is 0 Å². The van der Waals surface area contributed by atoms with E-state index in [1.54, 1.807) is 36.7 Å². The van der Waals surface area contributed by atoms with Gasteiger partial charge >= 0.3 is 0 Å². The summed E-state index contributed by atoms with van der Waals surface area (Å²) in [7, 11) is 0. The largest absolute Gasteiger partial charge is 0.507 e. The van der Waals surface area contributed by atoms with Gasteiger partial charge in [-0.1, -0.05) is 38.1 Å². The van der Waals surface area contributed by atoms with Crippen molar-refractivity contribution in [1.29, 1.82) is 0 Å². The highest BCUT2D eigenvalue weighted by Crippen LogP contribution is 2.17. The van der Waals surface area contributed by atoms with Crippen molar-refractivity contribution in [3.63, 3.8) is 0 Å². The average Bonchev–Trinajstić information content (AvgIpc) is 2.60. The number of benzene rings is 2. The van der Waals surface area contributed by atoms with E-state index in [2.05, 4.69) is 23.8 Å². The molecule has 2 aromatic rings. The van der Waals surface area contributed by atoms with Crippen LogP contribution in [0.15, 0.2) is 58.5 Å². The van der Waals surface area contributed by atoms with Crippen LogP contribution in [0.5, 0.6) is 11.5 Å². The van der Waals surface area contributed by atoms with Gasteiger partial charge in [-0.2, -0.15) is 0 Å². The Balaban J connectivity index is 2.15. The number of phenols is 2. The lowest BCUT2D eigenvalue weighted by molar-refractivity contribution is 0.473. The van der Waals surface area contributed by atoms with Crippen LogP contribution in [0.1, 0.15) is 37.8 Å². The van der Waals surface area contributed by atoms with Crippen molar-refractivity contribution >= 4 is 12.4 Å². The molecule has 2 rings (SSSR count). The maximum absolute atomic E-state index is 9.83. The molecule has 0 saturated carbocycles. The predicted molar refractivity (Wildman–Crippen MR) is 99.6 cm³/mol. The van der Waals surface area contributed by atoms with Crippen LogP contribution in [-0.4, -0.2) is 34.7 Å². The molecule has 0 bridgehead atoms. The van der Waals surface area contributed by atoms with E-state index in [0.29, 0.717) is 11.1 Å². The molecule has 4 heteroatoms. The second-order valence-electron chi connectivity index (χ2n) is 5.63. The van der Waals surface area contributed by atoms with E-state index in [-0.39, 0.29) is 23.6 Å². The monoisotopic (exact) mass is 324 g/mol. The highest BCUT2D eigenvalue weighted by molar-refractivity contribution is 5.84. The molecular formula is C20H24N2O2. The minimum absolute atomic E-state index is 0.0247. The van der Waals surface area contributed by atoms with Gasteiger partial charge in [0.2, 0.25) is 0 Å². The Kier molecular flexibility index (Phi) is 6.55. The SMILES string of the molecule is CC[C@H](/N=C/c1ccccc1O)[C@H](CC)/N=C/c1ccccc1O. The van der Waals surface area contributed by atoms with Crippen LogP contribution in [0.2, 0.25) is 0 Å². The number of aromatic hydroxyl groups is 2. The number of phenolic OH excluding ortho intramolecular Hbond substituents is 2. The summed E-state index contributed by atoms with van der Waals surface area (Å²) in [5.74, 6) is 0.448. The molecule has 0 aliphatic rings. The normalized spacial score (nSPS) is 14.2. The Morgan fingerprint density at radius 2 is 1.12 bits per heavy atom. The topological polar surface area (TPSA) is 65.2 Å². The summed E-state index contributed by atoms with van der Waals surface area (Å²) >= 11 is 0. The van der Waals surface area contributed by atoms with Crippen LogP contribution in [0.3, 0.4) is 0 Å². The molecule has 0 heterocycles. The fourth-order valence-corrected chi connectivity index (χ4v) is 2.50. The number of para-hydroxylation sites is 2. The molecule has 2 atom stereocenters. The third-order valence-electron chi connectivity index (χ3n) is 3.96. The third-order valence-corrected chi connectivity index (χ3v) is 3.96. The van der Waals surface area contributed by atoms with Gasteiger partial charge in [0.15, 0.2) is 0 Å². The van der Waals surface area contributed by atoms with Crippen molar-refractivity contribution < 1.29 is 10.2 Å². The second-order valence-corrected chi connectivity index (χ2v) is 5.63. The molecule has 0 radical (unpaired) electrons. The Labute approximate surface area is 143 Å². The smallest absolute Gasteiger partial charge is 0.124 e. The minimum Gasteiger partial charge on any atom is -0.507 e. The molecule has 0 aromatic heterocycles. The van der Waals surface area contributed by atoms with Crippen molar-refractivity contribution in [2.75, 3.05) is 0 Å². The summed E-state index contributed by atoms with van der Waals surface area (Å²) in [4.78, 5) is 9.24. The maximum Gasteiger partial charge on any atom is 0.124 e. The van der Waals surface area contributed by atoms with Crippen molar-refractivity contribution in [2.45, 2.75) is 38.8 Å². The Morgan fingerprint density at radius 1 is 0.750 bits per heavy atom. The van der Waals surface area contributed by atoms with Gasteiger partial charge in [0.25, 0.3) is 0 Å². The van der Waals surface area contributed by atoms with Crippen molar-refractivity contribution in [3.05, 3.63) is 59.7 Å². The van der Waals surface area contributed by atoms with Gasteiger partial charge < -0.3 is 10.2 Å². The van der Waals surface area contributed by atoms with Crippen LogP contribution < -0.4 is 0 Å². The minimum atomic E-state index is 0.0247. The number of hydrogen-bond acceptors (Lipinski definition) is 4. The van der Waals surface area contributed by atoms with E-state index >= 15 is 0 Å². The molecule has 24 heavy (non-hydrogen) atoms. The van der Waals surface area contributed by atoms with Crippen LogP contribution in [0.25, 0.3) is 0 Å². The average molecular weight is 324 g/mol. The van der Waals surface area contributed by atoms with Crippen LogP contribution in [-0.2, 0) is 0 Å². The highest BCUT2D eigenvalue weighted by atomic mass is 16.3. The molecule has 0 fully saturated rings. The lowest BCUT2D eigenvalue weighted by Crippen LogP contribution is -2.21. The van der Waals surface area contributed by atoms with Gasteiger partial charge in [0, 0.05) is 23.6 Å². The van der Waals surface area contributed by atoms with Crippen LogP contribution in [0, 0.1) is 0 Å². The van der Waals surface area contributed by atoms with E-state index < -0.39 is 0 Å². The van der Waals surface area contributed by atoms with Gasteiger partial charge in [-0.3, -0.25) is 9.98 Å². The first-order valence-corrected chi connectivity index (χ1v) is 8.28. The van der Waals surface area contributed by atoms with Gasteiger partial charge in [-0.25, -0.2) is 0 Å². The summed E-state index contributed by atoms with van der Waals surface area (Å²) in [6, 6.07) is 14.3. The summed E-state index contributed by atoms with van der Waals surface area (Å²) in [5.41, 5.74) is 1.41. The molecule has 126 valence electrons. The van der Waals surface area contributed by atoms with Gasteiger partial charge in [0.1, 0.15) is 11.5 Å². The van der Waals surface area contributed by atoms with Gasteiger partial charge in [0.05, 0.1) is 12.1 Å². The number of nitrogens with zero attached hydrogens (tertiary/aromatic N) is 2. The van der Waals surface area contributed by atoms with Gasteiger partial charge in [-0.15, -0.1) is 0 Å². The summed E-state index contributed by atoms with van der Waals surface area (Å²) < 4.78 is 0. The quantitative estimate of drug-likeness (QED) is 0.750. The lowest BCUT2D eigenvalue weighted by Gasteiger charge is -2.17. The first-order chi connectivity index (χ1) is 11.7. The zero-order valence-corrected chi connectivity index (χ0v) is 14.1. The number of rotatable bonds is 7. The molecule has 0 saturated heterocycles. The molecule has 0 amide bonds. The molecule has 2 N–H and O–H groups in total. The highest BCUT2D eigenvalue weighted by Gasteiger charge is 2.15. The Bertz CT molecular complexity index is 649. The van der Waals surface area contributed by atoms with Crippen molar-refractivity contribution in [2.24, 2.45) is 9.98 Å². The Morgan fingerprint density at radius 3 is 1.46 bits per heavy atom. The molecule has 0 unspecified atom stereocenters. The van der Waals surface area contributed by atoms with E-state index in [1.165, 1.54) is 0 Å². The maximum atomic E-state index is 9.83. The zero-order chi connectivity index (χ0) is 17.4. The fraction of sp³-hybridized carbons (Fsp3) is 0.300. The number of hydrogen-bond donors (Lipinski definition) is 2. The Hall–Kier alpha value is -2.62. The fourth-order valence-electron chi connectivity index (χ4n) is 2.50. The van der Waals surface area contributed by atoms with Crippen molar-refractivity contribution in [3.8, 4) is 11.5 Å². The van der Waals surface area contributed by atoms with Gasteiger partial charge in [-0.05, 0) is 37.1 Å². The molecule has 0 spiro atoms. The molecule has 2 aromatic carbocycles. The zero-order valence-electron chi connectivity index (χ0n) is 14.1. The van der Waals surface area contributed by atoms with E-state index in [4.69, 9.17) is 0 Å².